The minimum Gasteiger partial charge on any atom is -0.480 e. The molecule has 1 atom stereocenters. The van der Waals surface area contributed by atoms with E-state index in [4.69, 9.17) is 24.1 Å². The molecule has 0 unspecified atom stereocenters. The summed E-state index contributed by atoms with van der Waals surface area (Å²) in [5.74, 6) is -0.289. The molecule has 0 fully saturated rings. The first-order valence-electron chi connectivity index (χ1n) is 12.9. The zero-order chi connectivity index (χ0) is 25.3. The van der Waals surface area contributed by atoms with Gasteiger partial charge in [-0.2, -0.15) is 12.6 Å². The van der Waals surface area contributed by atoms with Crippen molar-refractivity contribution in [2.75, 3.05) is 58.6 Å². The van der Waals surface area contributed by atoms with E-state index in [1.165, 1.54) is 51.4 Å². The molecule has 0 bridgehead atoms. The Bertz CT molecular complexity index is 480. The van der Waals surface area contributed by atoms with Crippen LogP contribution in [0.2, 0.25) is 0 Å². The molecule has 0 saturated heterocycles. The van der Waals surface area contributed by atoms with Crippen LogP contribution in [-0.2, 0) is 28.5 Å². The topological polar surface area (TPSA) is 103 Å². The molecule has 0 spiro atoms. The Balaban J connectivity index is 3.29. The number of carbonyl (C=O) groups excluding carboxylic acids is 1. The number of ether oxygens (including phenoxy) is 4. The second-order valence-electron chi connectivity index (χ2n) is 8.88. The number of unbranched alkanes of at least 4 members (excludes halogenated alkanes) is 8. The Morgan fingerprint density at radius 3 is 1.62 bits per heavy atom. The molecule has 0 heterocycles. The van der Waals surface area contributed by atoms with Crippen LogP contribution >= 0.6 is 12.6 Å². The van der Waals surface area contributed by atoms with Crippen LogP contribution in [0, 0.1) is 5.92 Å². The summed E-state index contributed by atoms with van der Waals surface area (Å²) in [6, 6.07) is -0.888. The molecule has 0 aromatic heterocycles. The third-order valence-electron chi connectivity index (χ3n) is 5.14. The second-order valence-corrected chi connectivity index (χ2v) is 9.33. The lowest BCUT2D eigenvalue weighted by molar-refractivity contribution is -0.143. The van der Waals surface area contributed by atoms with Crippen molar-refractivity contribution in [2.24, 2.45) is 5.92 Å². The molecule has 0 aromatic rings. The van der Waals surface area contributed by atoms with E-state index in [1.54, 1.807) is 0 Å². The number of nitrogens with one attached hydrogen (secondary N) is 1. The minimum absolute atomic E-state index is 0.173. The van der Waals surface area contributed by atoms with Crippen LogP contribution in [-0.4, -0.2) is 81.6 Å². The summed E-state index contributed by atoms with van der Waals surface area (Å²) in [5.41, 5.74) is 0. The van der Waals surface area contributed by atoms with Crippen molar-refractivity contribution >= 4 is 24.5 Å². The van der Waals surface area contributed by atoms with Crippen LogP contribution < -0.4 is 5.32 Å². The van der Waals surface area contributed by atoms with Gasteiger partial charge in [-0.05, 0) is 30.9 Å². The van der Waals surface area contributed by atoms with Gasteiger partial charge in [0, 0.05) is 6.61 Å². The van der Waals surface area contributed by atoms with Gasteiger partial charge in [0.2, 0.25) is 5.91 Å². The highest BCUT2D eigenvalue weighted by Crippen LogP contribution is 2.10. The zero-order valence-corrected chi connectivity index (χ0v) is 22.3. The van der Waals surface area contributed by atoms with Crippen LogP contribution in [0.3, 0.4) is 0 Å². The average molecular weight is 508 g/mol. The predicted octanol–water partition coefficient (Wildman–Crippen LogP) is 4.11. The van der Waals surface area contributed by atoms with Crippen molar-refractivity contribution in [1.29, 1.82) is 0 Å². The molecule has 0 aliphatic rings. The quantitative estimate of drug-likeness (QED) is 0.120. The molecule has 1 amide bonds. The van der Waals surface area contributed by atoms with Crippen molar-refractivity contribution in [3.8, 4) is 0 Å². The zero-order valence-electron chi connectivity index (χ0n) is 21.4. The number of amides is 1. The van der Waals surface area contributed by atoms with Gasteiger partial charge in [-0.1, -0.05) is 58.8 Å². The van der Waals surface area contributed by atoms with Crippen LogP contribution in [0.15, 0.2) is 0 Å². The van der Waals surface area contributed by atoms with Crippen molar-refractivity contribution in [1.82, 2.24) is 5.32 Å². The van der Waals surface area contributed by atoms with Gasteiger partial charge >= 0.3 is 5.97 Å². The number of carbonyl (C=O) groups is 2. The number of carboxylic acid groups (broad SMARTS) is 1. The summed E-state index contributed by atoms with van der Waals surface area (Å²) in [6.07, 6.45) is 11.9. The number of carboxylic acids is 1. The number of thiol groups is 1. The summed E-state index contributed by atoms with van der Waals surface area (Å²) < 4.78 is 21.7. The summed E-state index contributed by atoms with van der Waals surface area (Å²) in [7, 11) is 0. The molecule has 2 N–H and O–H groups in total. The number of hydrogen-bond acceptors (Lipinski definition) is 7. The van der Waals surface area contributed by atoms with E-state index < -0.39 is 17.9 Å². The standard InChI is InChI=1S/C25H49NO7S/c1-22(2)20-23(25(28)29)26-24(27)21-33-18-17-32-16-15-31-14-13-30-12-10-8-6-4-3-5-7-9-11-19-34/h22-23,34H,3-21H2,1-2H3,(H,26,27)(H,28,29)/t23-/m0/s1. The molecule has 202 valence electrons. The SMILES string of the molecule is CC(C)C[C@H](NC(=O)COCCOCCOCCOCCCCCCCCCCCS)C(=O)O. The Morgan fingerprint density at radius 1 is 0.706 bits per heavy atom. The monoisotopic (exact) mass is 507 g/mol. The van der Waals surface area contributed by atoms with Crippen LogP contribution in [0.4, 0.5) is 0 Å². The van der Waals surface area contributed by atoms with Crippen molar-refractivity contribution in [3.05, 3.63) is 0 Å². The van der Waals surface area contributed by atoms with Crippen LogP contribution in [0.5, 0.6) is 0 Å². The Hall–Kier alpha value is -0.870. The first kappa shape index (κ1) is 33.1. The first-order valence-corrected chi connectivity index (χ1v) is 13.5. The number of rotatable bonds is 26. The Morgan fingerprint density at radius 2 is 1.15 bits per heavy atom. The van der Waals surface area contributed by atoms with E-state index in [2.05, 4.69) is 17.9 Å². The maximum atomic E-state index is 11.8. The highest BCUT2D eigenvalue weighted by Gasteiger charge is 2.20. The summed E-state index contributed by atoms with van der Waals surface area (Å²) in [4.78, 5) is 22.9. The molecule has 0 aromatic carbocycles. The van der Waals surface area contributed by atoms with Gasteiger partial charge in [0.05, 0.1) is 39.6 Å². The fourth-order valence-electron chi connectivity index (χ4n) is 3.31. The molecule has 8 nitrogen and oxygen atoms in total. The maximum absolute atomic E-state index is 11.8. The predicted molar refractivity (Wildman–Crippen MR) is 138 cm³/mol. The molecule has 34 heavy (non-hydrogen) atoms. The van der Waals surface area contributed by atoms with E-state index in [-0.39, 0.29) is 19.1 Å². The molecule has 0 rings (SSSR count). The van der Waals surface area contributed by atoms with Gasteiger partial charge in [-0.25, -0.2) is 4.79 Å². The fourth-order valence-corrected chi connectivity index (χ4v) is 3.53. The number of hydrogen-bond donors (Lipinski definition) is 3. The second kappa shape index (κ2) is 25.2. The normalized spacial score (nSPS) is 12.2. The fraction of sp³-hybridized carbons (Fsp3) is 0.920. The van der Waals surface area contributed by atoms with Gasteiger partial charge in [0.15, 0.2) is 0 Å². The van der Waals surface area contributed by atoms with E-state index >= 15 is 0 Å². The summed E-state index contributed by atoms with van der Waals surface area (Å²) in [6.45, 7) is 7.09. The number of aliphatic carboxylic acids is 1. The van der Waals surface area contributed by atoms with Gasteiger partial charge in [-0.15, -0.1) is 0 Å². The third-order valence-corrected chi connectivity index (χ3v) is 5.45. The Labute approximate surface area is 212 Å². The van der Waals surface area contributed by atoms with E-state index in [0.29, 0.717) is 39.5 Å². The van der Waals surface area contributed by atoms with Crippen LogP contribution in [0.1, 0.15) is 78.1 Å². The average Bonchev–Trinajstić information content (AvgIpc) is 2.79. The third kappa shape index (κ3) is 24.3. The molecular weight excluding hydrogens is 458 g/mol. The summed E-state index contributed by atoms with van der Waals surface area (Å²) in [5, 5.41) is 11.6. The minimum atomic E-state index is -1.03. The first-order chi connectivity index (χ1) is 16.5. The van der Waals surface area contributed by atoms with E-state index in [9.17, 15) is 9.59 Å². The molecule has 0 aliphatic carbocycles. The highest BCUT2D eigenvalue weighted by atomic mass is 32.1. The van der Waals surface area contributed by atoms with Gasteiger partial charge in [0.25, 0.3) is 0 Å². The van der Waals surface area contributed by atoms with Gasteiger partial charge in [0.1, 0.15) is 12.6 Å². The van der Waals surface area contributed by atoms with Crippen molar-refractivity contribution in [2.45, 2.75) is 84.1 Å². The molecule has 9 heteroatoms. The Kier molecular flexibility index (Phi) is 24.6. The lowest BCUT2D eigenvalue weighted by Gasteiger charge is -2.16. The largest absolute Gasteiger partial charge is 0.480 e. The lowest BCUT2D eigenvalue weighted by atomic mass is 10.0. The smallest absolute Gasteiger partial charge is 0.326 e. The van der Waals surface area contributed by atoms with Gasteiger partial charge < -0.3 is 29.4 Å². The molecule has 0 aliphatic heterocycles. The van der Waals surface area contributed by atoms with E-state index in [0.717, 1.165) is 18.8 Å². The lowest BCUT2D eigenvalue weighted by Crippen LogP contribution is -2.43. The molecular formula is C25H49NO7S. The van der Waals surface area contributed by atoms with Crippen molar-refractivity contribution < 1.29 is 33.6 Å². The highest BCUT2D eigenvalue weighted by molar-refractivity contribution is 7.80. The van der Waals surface area contributed by atoms with Gasteiger partial charge in [-0.3, -0.25) is 4.79 Å². The molecule has 0 saturated carbocycles. The molecule has 0 radical (unpaired) electrons. The maximum Gasteiger partial charge on any atom is 0.326 e. The van der Waals surface area contributed by atoms with E-state index in [1.807, 2.05) is 13.8 Å². The van der Waals surface area contributed by atoms with Crippen LogP contribution in [0.25, 0.3) is 0 Å². The van der Waals surface area contributed by atoms with Crippen molar-refractivity contribution in [3.63, 3.8) is 0 Å². The summed E-state index contributed by atoms with van der Waals surface area (Å²) >= 11 is 4.23.